The first-order valence-electron chi connectivity index (χ1n) is 6.14. The van der Waals surface area contributed by atoms with Crippen molar-refractivity contribution in [2.45, 2.75) is 0 Å². The summed E-state index contributed by atoms with van der Waals surface area (Å²) in [5.74, 6) is -0.898. The molecule has 0 aromatic heterocycles. The third-order valence-corrected chi connectivity index (χ3v) is 2.78. The van der Waals surface area contributed by atoms with Gasteiger partial charge >= 0.3 is 5.97 Å². The maximum Gasteiger partial charge on any atom is 0.317 e. The van der Waals surface area contributed by atoms with E-state index in [9.17, 15) is 9.59 Å². The minimum Gasteiger partial charge on any atom is -0.495 e. The number of carboxylic acids is 1. The van der Waals surface area contributed by atoms with Gasteiger partial charge in [-0.25, -0.2) is 0 Å². The molecule has 114 valence electrons. The van der Waals surface area contributed by atoms with Crippen LogP contribution >= 0.6 is 11.6 Å². The van der Waals surface area contributed by atoms with Crippen LogP contribution in [0.1, 0.15) is 0 Å². The van der Waals surface area contributed by atoms with Crippen LogP contribution in [0.25, 0.3) is 0 Å². The number of rotatable bonds is 8. The van der Waals surface area contributed by atoms with Crippen molar-refractivity contribution in [1.82, 2.24) is 4.90 Å². The molecule has 0 unspecified atom stereocenters. The Morgan fingerprint density at radius 1 is 1.48 bits per heavy atom. The Bertz CT molecular complexity index is 534. The lowest BCUT2D eigenvalue weighted by Gasteiger charge is -2.18. The maximum atomic E-state index is 12.0. The van der Waals surface area contributed by atoms with Crippen molar-refractivity contribution in [2.24, 2.45) is 0 Å². The fraction of sp³-hybridized carbons (Fsp3) is 0.286. The molecule has 7 heteroatoms. The van der Waals surface area contributed by atoms with Crippen molar-refractivity contribution in [3.63, 3.8) is 0 Å². The van der Waals surface area contributed by atoms with Crippen molar-refractivity contribution >= 4 is 29.2 Å². The SMILES string of the molecule is C=CCN(CC(=O)O)CC(=O)Nc1cc(Cl)ccc1OC. The molecule has 0 saturated carbocycles. The van der Waals surface area contributed by atoms with Gasteiger partial charge in [-0.1, -0.05) is 17.7 Å². The molecule has 0 heterocycles. The zero-order valence-electron chi connectivity index (χ0n) is 11.6. The van der Waals surface area contributed by atoms with Crippen LogP contribution in [0.5, 0.6) is 5.75 Å². The van der Waals surface area contributed by atoms with E-state index >= 15 is 0 Å². The number of hydrogen-bond acceptors (Lipinski definition) is 4. The molecule has 0 saturated heterocycles. The first-order valence-corrected chi connectivity index (χ1v) is 6.52. The highest BCUT2D eigenvalue weighted by molar-refractivity contribution is 6.31. The Hall–Kier alpha value is -2.05. The normalized spacial score (nSPS) is 10.2. The second-order valence-electron chi connectivity index (χ2n) is 4.24. The van der Waals surface area contributed by atoms with E-state index in [2.05, 4.69) is 11.9 Å². The molecule has 6 nitrogen and oxygen atoms in total. The van der Waals surface area contributed by atoms with Gasteiger partial charge in [-0.3, -0.25) is 14.5 Å². The lowest BCUT2D eigenvalue weighted by Crippen LogP contribution is -2.37. The van der Waals surface area contributed by atoms with Gasteiger partial charge in [0.05, 0.1) is 25.9 Å². The Kier molecular flexibility index (Phi) is 6.71. The molecule has 0 spiro atoms. The van der Waals surface area contributed by atoms with Gasteiger partial charge in [0.25, 0.3) is 0 Å². The quantitative estimate of drug-likeness (QED) is 0.716. The van der Waals surface area contributed by atoms with Crippen LogP contribution < -0.4 is 10.1 Å². The summed E-state index contributed by atoms with van der Waals surface area (Å²) in [5, 5.41) is 11.9. The zero-order chi connectivity index (χ0) is 15.8. The lowest BCUT2D eigenvalue weighted by atomic mass is 10.3. The first-order chi connectivity index (χ1) is 9.96. The van der Waals surface area contributed by atoms with Gasteiger partial charge in [0.15, 0.2) is 0 Å². The molecule has 0 radical (unpaired) electrons. The van der Waals surface area contributed by atoms with E-state index < -0.39 is 5.97 Å². The summed E-state index contributed by atoms with van der Waals surface area (Å²) in [7, 11) is 1.48. The number of nitrogens with one attached hydrogen (secondary N) is 1. The van der Waals surface area contributed by atoms with Crippen molar-refractivity contribution in [2.75, 3.05) is 32.1 Å². The number of hydrogen-bond donors (Lipinski definition) is 2. The van der Waals surface area contributed by atoms with Crippen LogP contribution in [-0.2, 0) is 9.59 Å². The second kappa shape index (κ2) is 8.28. The minimum absolute atomic E-state index is 0.0754. The van der Waals surface area contributed by atoms with Crippen LogP contribution in [-0.4, -0.2) is 48.6 Å². The summed E-state index contributed by atoms with van der Waals surface area (Å²) in [6.07, 6.45) is 1.54. The van der Waals surface area contributed by atoms with Crippen LogP contribution in [0.4, 0.5) is 5.69 Å². The van der Waals surface area contributed by atoms with Gasteiger partial charge in [-0.15, -0.1) is 6.58 Å². The van der Waals surface area contributed by atoms with E-state index in [4.69, 9.17) is 21.4 Å². The molecule has 0 aliphatic heterocycles. The van der Waals surface area contributed by atoms with E-state index in [-0.39, 0.29) is 19.0 Å². The average Bonchev–Trinajstić information content (AvgIpc) is 2.38. The molecule has 1 aromatic rings. The summed E-state index contributed by atoms with van der Waals surface area (Å²) in [6.45, 7) is 3.51. The number of halogens is 1. The van der Waals surface area contributed by atoms with Gasteiger partial charge in [0, 0.05) is 11.6 Å². The third kappa shape index (κ3) is 5.85. The fourth-order valence-corrected chi connectivity index (χ4v) is 1.90. The average molecular weight is 313 g/mol. The molecule has 1 amide bonds. The fourth-order valence-electron chi connectivity index (χ4n) is 1.73. The molecule has 21 heavy (non-hydrogen) atoms. The van der Waals surface area contributed by atoms with Crippen LogP contribution in [0.3, 0.4) is 0 Å². The lowest BCUT2D eigenvalue weighted by molar-refractivity contribution is -0.138. The largest absolute Gasteiger partial charge is 0.495 e. The number of methoxy groups -OCH3 is 1. The summed E-state index contributed by atoms with van der Waals surface area (Å²) in [6, 6.07) is 4.84. The number of anilines is 1. The van der Waals surface area contributed by atoms with E-state index in [1.54, 1.807) is 18.2 Å². The van der Waals surface area contributed by atoms with Crippen LogP contribution in [0.15, 0.2) is 30.9 Å². The predicted molar refractivity (Wildman–Crippen MR) is 80.9 cm³/mol. The highest BCUT2D eigenvalue weighted by Gasteiger charge is 2.14. The van der Waals surface area contributed by atoms with E-state index in [0.717, 1.165) is 0 Å². The second-order valence-corrected chi connectivity index (χ2v) is 4.68. The monoisotopic (exact) mass is 312 g/mol. The number of aliphatic carboxylic acids is 1. The molecule has 1 rings (SSSR count). The molecular formula is C14H17ClN2O4. The topological polar surface area (TPSA) is 78.9 Å². The van der Waals surface area contributed by atoms with Crippen molar-refractivity contribution in [1.29, 1.82) is 0 Å². The first kappa shape index (κ1) is 17.0. The van der Waals surface area contributed by atoms with Gasteiger partial charge < -0.3 is 15.2 Å². The van der Waals surface area contributed by atoms with Crippen molar-refractivity contribution in [3.8, 4) is 5.75 Å². The van der Waals surface area contributed by atoms with Crippen LogP contribution in [0, 0.1) is 0 Å². The smallest absolute Gasteiger partial charge is 0.317 e. The molecule has 0 aliphatic carbocycles. The number of nitrogens with zero attached hydrogens (tertiary/aromatic N) is 1. The van der Waals surface area contributed by atoms with E-state index in [0.29, 0.717) is 23.0 Å². The number of carboxylic acid groups (broad SMARTS) is 1. The molecular weight excluding hydrogens is 296 g/mol. The van der Waals surface area contributed by atoms with Crippen molar-refractivity contribution < 1.29 is 19.4 Å². The summed E-state index contributed by atoms with van der Waals surface area (Å²) < 4.78 is 5.12. The number of benzene rings is 1. The molecule has 0 fully saturated rings. The highest BCUT2D eigenvalue weighted by atomic mass is 35.5. The predicted octanol–water partition coefficient (Wildman–Crippen LogP) is 1.86. The van der Waals surface area contributed by atoms with Gasteiger partial charge in [0.2, 0.25) is 5.91 Å². The number of carbonyl (C=O) groups is 2. The van der Waals surface area contributed by atoms with E-state index in [1.165, 1.54) is 18.1 Å². The number of ether oxygens (including phenoxy) is 1. The minimum atomic E-state index is -1.01. The molecule has 2 N–H and O–H groups in total. The Morgan fingerprint density at radius 3 is 2.76 bits per heavy atom. The van der Waals surface area contributed by atoms with E-state index in [1.807, 2.05) is 0 Å². The Balaban J connectivity index is 2.73. The Labute approximate surface area is 128 Å². The number of carbonyl (C=O) groups excluding carboxylic acids is 1. The third-order valence-electron chi connectivity index (χ3n) is 2.55. The molecule has 1 aromatic carbocycles. The molecule has 0 aliphatic rings. The summed E-state index contributed by atoms with van der Waals surface area (Å²) >= 11 is 5.87. The standard InChI is InChI=1S/C14H17ClN2O4/c1-3-6-17(9-14(19)20)8-13(18)16-11-7-10(15)4-5-12(11)21-2/h3-5,7H,1,6,8-9H2,2H3,(H,16,18)(H,19,20). The number of amides is 1. The van der Waals surface area contributed by atoms with Gasteiger partial charge in [-0.2, -0.15) is 0 Å². The van der Waals surface area contributed by atoms with Crippen LogP contribution in [0.2, 0.25) is 5.02 Å². The molecule has 0 atom stereocenters. The van der Waals surface area contributed by atoms with Crippen molar-refractivity contribution in [3.05, 3.63) is 35.9 Å². The summed E-state index contributed by atoms with van der Waals surface area (Å²) in [5.41, 5.74) is 0.434. The maximum absolute atomic E-state index is 12.0. The Morgan fingerprint density at radius 2 is 2.19 bits per heavy atom. The summed E-state index contributed by atoms with van der Waals surface area (Å²) in [4.78, 5) is 24.2. The highest BCUT2D eigenvalue weighted by Crippen LogP contribution is 2.27. The van der Waals surface area contributed by atoms with Gasteiger partial charge in [-0.05, 0) is 18.2 Å². The van der Waals surface area contributed by atoms with Gasteiger partial charge in [0.1, 0.15) is 5.75 Å². The molecule has 0 bridgehead atoms. The zero-order valence-corrected chi connectivity index (χ0v) is 12.4.